The average molecular weight is 400 g/mol. The molecule has 0 saturated heterocycles. The molecular formula is C28H20N2O. The van der Waals surface area contributed by atoms with Crippen LogP contribution >= 0.6 is 0 Å². The summed E-state index contributed by atoms with van der Waals surface area (Å²) in [6, 6.07) is 34.7. The molecule has 0 bridgehead atoms. The van der Waals surface area contributed by atoms with E-state index in [-0.39, 0.29) is 5.78 Å². The smallest absolute Gasteiger partial charge is 0.194 e. The minimum Gasteiger partial charge on any atom is -0.398 e. The third-order valence-electron chi connectivity index (χ3n) is 5.43. The van der Waals surface area contributed by atoms with Crippen LogP contribution in [0, 0.1) is 0 Å². The topological polar surface area (TPSA) is 56.0 Å². The molecule has 1 aromatic heterocycles. The SMILES string of the molecule is Nc1ccccc1-c1nc2ccccc2c(C(=O)c2ccccc2)c1-c1ccccc1. The normalized spacial score (nSPS) is 10.8. The standard InChI is InChI=1S/C28H20N2O/c29-23-17-9-7-15-21(23)27-25(19-11-3-1-4-12-19)26(22-16-8-10-18-24(22)30-27)28(31)20-13-5-2-6-14-20/h1-18H,29H2. The van der Waals surface area contributed by atoms with Gasteiger partial charge in [-0.3, -0.25) is 4.79 Å². The molecule has 0 aliphatic carbocycles. The van der Waals surface area contributed by atoms with Crippen LogP contribution in [0.1, 0.15) is 15.9 Å². The summed E-state index contributed by atoms with van der Waals surface area (Å²) in [7, 11) is 0. The summed E-state index contributed by atoms with van der Waals surface area (Å²) in [5, 5.41) is 0.827. The number of nitrogens with two attached hydrogens (primary N) is 1. The molecule has 3 nitrogen and oxygen atoms in total. The average Bonchev–Trinajstić information content (AvgIpc) is 2.84. The zero-order chi connectivity index (χ0) is 21.2. The Morgan fingerprint density at radius 2 is 1.29 bits per heavy atom. The number of hydrogen-bond donors (Lipinski definition) is 1. The Labute approximate surface area is 180 Å². The second kappa shape index (κ2) is 7.88. The molecule has 0 radical (unpaired) electrons. The molecule has 0 aliphatic heterocycles. The van der Waals surface area contributed by atoms with Gasteiger partial charge < -0.3 is 5.73 Å². The van der Waals surface area contributed by atoms with E-state index >= 15 is 0 Å². The summed E-state index contributed by atoms with van der Waals surface area (Å²) in [5.74, 6) is -0.0335. The molecule has 0 spiro atoms. The van der Waals surface area contributed by atoms with Crippen molar-refractivity contribution < 1.29 is 4.79 Å². The number of nitrogens with zero attached hydrogens (tertiary/aromatic N) is 1. The van der Waals surface area contributed by atoms with Gasteiger partial charge in [-0.25, -0.2) is 4.98 Å². The summed E-state index contributed by atoms with van der Waals surface area (Å²) in [5.41, 5.74) is 12.3. The zero-order valence-electron chi connectivity index (χ0n) is 16.8. The Morgan fingerprint density at radius 3 is 2.03 bits per heavy atom. The largest absolute Gasteiger partial charge is 0.398 e. The molecule has 5 aromatic rings. The van der Waals surface area contributed by atoms with E-state index in [0.717, 1.165) is 27.6 Å². The van der Waals surface area contributed by atoms with Gasteiger partial charge in [-0.05, 0) is 17.7 Å². The summed E-state index contributed by atoms with van der Waals surface area (Å²) >= 11 is 0. The molecule has 0 unspecified atom stereocenters. The van der Waals surface area contributed by atoms with E-state index in [1.165, 1.54) is 0 Å². The van der Waals surface area contributed by atoms with Crippen molar-refractivity contribution in [2.75, 3.05) is 5.73 Å². The van der Waals surface area contributed by atoms with Crippen molar-refractivity contribution in [3.63, 3.8) is 0 Å². The van der Waals surface area contributed by atoms with Crippen LogP contribution < -0.4 is 5.73 Å². The minimum absolute atomic E-state index is 0.0335. The van der Waals surface area contributed by atoms with Crippen molar-refractivity contribution in [1.82, 2.24) is 4.98 Å². The lowest BCUT2D eigenvalue weighted by atomic mass is 9.87. The lowest BCUT2D eigenvalue weighted by Crippen LogP contribution is -2.08. The van der Waals surface area contributed by atoms with E-state index in [1.807, 2.05) is 109 Å². The summed E-state index contributed by atoms with van der Waals surface area (Å²) in [4.78, 5) is 18.9. The molecule has 0 saturated carbocycles. The van der Waals surface area contributed by atoms with Crippen LogP contribution in [0.25, 0.3) is 33.3 Å². The van der Waals surface area contributed by atoms with Crippen LogP contribution in [-0.2, 0) is 0 Å². The number of hydrogen-bond acceptors (Lipinski definition) is 3. The Balaban J connectivity index is 1.94. The van der Waals surface area contributed by atoms with Gasteiger partial charge in [-0.2, -0.15) is 0 Å². The quantitative estimate of drug-likeness (QED) is 0.281. The Bertz CT molecular complexity index is 1390. The molecule has 31 heavy (non-hydrogen) atoms. The number of aromatic nitrogens is 1. The van der Waals surface area contributed by atoms with Crippen molar-refractivity contribution in [1.29, 1.82) is 0 Å². The van der Waals surface area contributed by atoms with Crippen LogP contribution in [0.5, 0.6) is 0 Å². The number of ketones is 1. The molecule has 0 fully saturated rings. The van der Waals surface area contributed by atoms with Crippen molar-refractivity contribution in [2.24, 2.45) is 0 Å². The Morgan fingerprint density at radius 1 is 0.677 bits per heavy atom. The highest BCUT2D eigenvalue weighted by atomic mass is 16.1. The van der Waals surface area contributed by atoms with E-state index in [0.29, 0.717) is 22.5 Å². The third kappa shape index (κ3) is 3.36. The number of rotatable bonds is 4. The highest BCUT2D eigenvalue weighted by molar-refractivity contribution is 6.21. The lowest BCUT2D eigenvalue weighted by molar-refractivity contribution is 0.104. The van der Waals surface area contributed by atoms with E-state index in [1.54, 1.807) is 0 Å². The molecule has 1 heterocycles. The van der Waals surface area contributed by atoms with Crippen LogP contribution in [0.2, 0.25) is 0 Å². The Hall–Kier alpha value is -4.24. The summed E-state index contributed by atoms with van der Waals surface area (Å²) < 4.78 is 0. The monoisotopic (exact) mass is 400 g/mol. The molecule has 0 atom stereocenters. The summed E-state index contributed by atoms with van der Waals surface area (Å²) in [6.45, 7) is 0. The fraction of sp³-hybridized carbons (Fsp3) is 0. The molecular weight excluding hydrogens is 380 g/mol. The van der Waals surface area contributed by atoms with Gasteiger partial charge >= 0.3 is 0 Å². The lowest BCUT2D eigenvalue weighted by Gasteiger charge is -2.18. The van der Waals surface area contributed by atoms with Gasteiger partial charge in [0.15, 0.2) is 5.78 Å². The van der Waals surface area contributed by atoms with Crippen LogP contribution in [0.3, 0.4) is 0 Å². The number of para-hydroxylation sites is 2. The molecule has 2 N–H and O–H groups in total. The molecule has 148 valence electrons. The first-order valence-electron chi connectivity index (χ1n) is 10.2. The number of benzene rings is 4. The number of pyridine rings is 1. The number of carbonyl (C=O) groups is 1. The van der Waals surface area contributed by atoms with Gasteiger partial charge in [0.1, 0.15) is 0 Å². The maximum atomic E-state index is 13.9. The predicted octanol–water partition coefficient (Wildman–Crippen LogP) is 6.38. The third-order valence-corrected chi connectivity index (χ3v) is 5.43. The fourth-order valence-electron chi connectivity index (χ4n) is 3.98. The molecule has 3 heteroatoms. The number of carbonyl (C=O) groups excluding carboxylic acids is 1. The maximum absolute atomic E-state index is 13.9. The van der Waals surface area contributed by atoms with E-state index in [2.05, 4.69) is 0 Å². The van der Waals surface area contributed by atoms with E-state index in [9.17, 15) is 4.79 Å². The molecule has 0 amide bonds. The van der Waals surface area contributed by atoms with Gasteiger partial charge in [-0.1, -0.05) is 97.1 Å². The van der Waals surface area contributed by atoms with Crippen LogP contribution in [-0.4, -0.2) is 10.8 Å². The van der Waals surface area contributed by atoms with Gasteiger partial charge in [0, 0.05) is 33.3 Å². The molecule has 4 aromatic carbocycles. The number of fused-ring (bicyclic) bond motifs is 1. The van der Waals surface area contributed by atoms with Crippen molar-refractivity contribution >= 4 is 22.4 Å². The first-order chi connectivity index (χ1) is 15.2. The van der Waals surface area contributed by atoms with E-state index in [4.69, 9.17) is 10.7 Å². The van der Waals surface area contributed by atoms with Gasteiger partial charge in [-0.15, -0.1) is 0 Å². The minimum atomic E-state index is -0.0335. The highest BCUT2D eigenvalue weighted by Gasteiger charge is 2.24. The second-order valence-corrected chi connectivity index (χ2v) is 7.38. The van der Waals surface area contributed by atoms with Gasteiger partial charge in [0.05, 0.1) is 11.2 Å². The number of anilines is 1. The van der Waals surface area contributed by atoms with Gasteiger partial charge in [0.25, 0.3) is 0 Å². The molecule has 0 aliphatic rings. The van der Waals surface area contributed by atoms with Gasteiger partial charge in [0.2, 0.25) is 0 Å². The fourth-order valence-corrected chi connectivity index (χ4v) is 3.98. The van der Waals surface area contributed by atoms with Crippen LogP contribution in [0.15, 0.2) is 109 Å². The van der Waals surface area contributed by atoms with Crippen molar-refractivity contribution in [3.8, 4) is 22.4 Å². The molecule has 5 rings (SSSR count). The maximum Gasteiger partial charge on any atom is 0.194 e. The highest BCUT2D eigenvalue weighted by Crippen LogP contribution is 2.40. The van der Waals surface area contributed by atoms with E-state index < -0.39 is 0 Å². The zero-order valence-corrected chi connectivity index (χ0v) is 16.8. The summed E-state index contributed by atoms with van der Waals surface area (Å²) in [6.07, 6.45) is 0. The number of nitrogen functional groups attached to an aromatic ring is 1. The predicted molar refractivity (Wildman–Crippen MR) is 127 cm³/mol. The first-order valence-corrected chi connectivity index (χ1v) is 10.2. The van der Waals surface area contributed by atoms with Crippen molar-refractivity contribution in [3.05, 3.63) is 120 Å². The van der Waals surface area contributed by atoms with Crippen LogP contribution in [0.4, 0.5) is 5.69 Å². The Kier molecular flexibility index (Phi) is 4.77. The van der Waals surface area contributed by atoms with Crippen molar-refractivity contribution in [2.45, 2.75) is 0 Å². The first kappa shape index (κ1) is 18.8. The second-order valence-electron chi connectivity index (χ2n) is 7.38.